The van der Waals surface area contributed by atoms with Gasteiger partial charge in [0.2, 0.25) is 5.95 Å². The maximum absolute atomic E-state index is 5.40. The minimum absolute atomic E-state index is 0.651. The van der Waals surface area contributed by atoms with Crippen molar-refractivity contribution < 1.29 is 4.74 Å². The Morgan fingerprint density at radius 1 is 1.20 bits per heavy atom. The van der Waals surface area contributed by atoms with Gasteiger partial charge in [0.1, 0.15) is 5.82 Å². The van der Waals surface area contributed by atoms with Gasteiger partial charge in [0.05, 0.1) is 5.52 Å². The number of benzene rings is 1. The number of anilines is 2. The standard InChI is InChI=1S/C15H20N4O/c1-16-15-18-13-5-3-2-4-12(13)14(19-15)17-10-11-6-8-20-9-7-11/h2-5,11H,6-10H2,1H3,(H2,16,17,18,19). The van der Waals surface area contributed by atoms with Crippen LogP contribution in [0.2, 0.25) is 0 Å². The van der Waals surface area contributed by atoms with E-state index in [0.29, 0.717) is 11.9 Å². The lowest BCUT2D eigenvalue weighted by molar-refractivity contribution is 0.0699. The molecule has 20 heavy (non-hydrogen) atoms. The van der Waals surface area contributed by atoms with Gasteiger partial charge in [0, 0.05) is 32.2 Å². The molecule has 0 atom stereocenters. The first kappa shape index (κ1) is 13.1. The summed E-state index contributed by atoms with van der Waals surface area (Å²) >= 11 is 0. The van der Waals surface area contributed by atoms with Crippen LogP contribution >= 0.6 is 0 Å². The highest BCUT2D eigenvalue weighted by Gasteiger charge is 2.14. The minimum Gasteiger partial charge on any atom is -0.381 e. The first-order chi connectivity index (χ1) is 9.86. The van der Waals surface area contributed by atoms with Crippen LogP contribution in [0.4, 0.5) is 11.8 Å². The molecule has 1 saturated heterocycles. The monoisotopic (exact) mass is 272 g/mol. The normalized spacial score (nSPS) is 16.2. The van der Waals surface area contributed by atoms with Gasteiger partial charge >= 0.3 is 0 Å². The summed E-state index contributed by atoms with van der Waals surface area (Å²) < 4.78 is 5.40. The molecule has 0 bridgehead atoms. The fourth-order valence-corrected chi connectivity index (χ4v) is 2.51. The fourth-order valence-electron chi connectivity index (χ4n) is 2.51. The molecule has 0 aliphatic carbocycles. The van der Waals surface area contributed by atoms with Gasteiger partial charge in [-0.05, 0) is 30.9 Å². The summed E-state index contributed by atoms with van der Waals surface area (Å²) in [5.41, 5.74) is 0.960. The zero-order valence-corrected chi connectivity index (χ0v) is 11.7. The Morgan fingerprint density at radius 2 is 2.00 bits per heavy atom. The van der Waals surface area contributed by atoms with Crippen molar-refractivity contribution in [3.05, 3.63) is 24.3 Å². The quantitative estimate of drug-likeness (QED) is 0.895. The number of fused-ring (bicyclic) bond motifs is 1. The Balaban J connectivity index is 1.81. The van der Waals surface area contributed by atoms with E-state index in [9.17, 15) is 0 Å². The minimum atomic E-state index is 0.651. The van der Waals surface area contributed by atoms with E-state index in [1.165, 1.54) is 0 Å². The van der Waals surface area contributed by atoms with E-state index in [4.69, 9.17) is 4.74 Å². The number of rotatable bonds is 4. The lowest BCUT2D eigenvalue weighted by Gasteiger charge is -2.22. The Morgan fingerprint density at radius 3 is 2.80 bits per heavy atom. The number of ether oxygens (including phenoxy) is 1. The van der Waals surface area contributed by atoms with Crippen LogP contribution < -0.4 is 10.6 Å². The zero-order valence-electron chi connectivity index (χ0n) is 11.7. The largest absolute Gasteiger partial charge is 0.381 e. The smallest absolute Gasteiger partial charge is 0.224 e. The Kier molecular flexibility index (Phi) is 3.97. The molecule has 0 radical (unpaired) electrons. The van der Waals surface area contributed by atoms with Gasteiger partial charge in [-0.25, -0.2) is 4.98 Å². The van der Waals surface area contributed by atoms with Crippen LogP contribution in [0.1, 0.15) is 12.8 Å². The molecule has 5 nitrogen and oxygen atoms in total. The van der Waals surface area contributed by atoms with Crippen molar-refractivity contribution in [2.45, 2.75) is 12.8 Å². The van der Waals surface area contributed by atoms with Crippen molar-refractivity contribution >= 4 is 22.7 Å². The molecule has 3 rings (SSSR count). The molecule has 0 saturated carbocycles. The molecule has 106 valence electrons. The third kappa shape index (κ3) is 2.82. The zero-order chi connectivity index (χ0) is 13.8. The van der Waals surface area contributed by atoms with Crippen LogP contribution in [0.15, 0.2) is 24.3 Å². The summed E-state index contributed by atoms with van der Waals surface area (Å²) in [6.07, 6.45) is 2.24. The van der Waals surface area contributed by atoms with E-state index < -0.39 is 0 Å². The molecule has 0 spiro atoms. The summed E-state index contributed by atoms with van der Waals surface area (Å²) in [4.78, 5) is 9.01. The second-order valence-corrected chi connectivity index (χ2v) is 5.10. The number of nitrogens with zero attached hydrogens (tertiary/aromatic N) is 2. The molecular weight excluding hydrogens is 252 g/mol. The summed E-state index contributed by atoms with van der Waals surface area (Å²) in [5.74, 6) is 2.22. The van der Waals surface area contributed by atoms with Gasteiger partial charge in [-0.15, -0.1) is 0 Å². The molecule has 2 aromatic rings. The van der Waals surface area contributed by atoms with Gasteiger partial charge in [0.15, 0.2) is 0 Å². The lowest BCUT2D eigenvalue weighted by Crippen LogP contribution is -2.23. The van der Waals surface area contributed by atoms with E-state index in [0.717, 1.165) is 49.3 Å². The molecule has 1 aromatic carbocycles. The first-order valence-electron chi connectivity index (χ1n) is 7.13. The van der Waals surface area contributed by atoms with Gasteiger partial charge in [-0.2, -0.15) is 4.98 Å². The van der Waals surface area contributed by atoms with Crippen molar-refractivity contribution in [2.24, 2.45) is 5.92 Å². The van der Waals surface area contributed by atoms with E-state index in [-0.39, 0.29) is 0 Å². The van der Waals surface area contributed by atoms with Gasteiger partial charge in [-0.3, -0.25) is 0 Å². The van der Waals surface area contributed by atoms with E-state index in [1.807, 2.05) is 25.2 Å². The van der Waals surface area contributed by atoms with E-state index in [1.54, 1.807) is 0 Å². The number of para-hydroxylation sites is 1. The van der Waals surface area contributed by atoms with Crippen LogP contribution in [0.5, 0.6) is 0 Å². The number of hydrogen-bond acceptors (Lipinski definition) is 5. The molecular formula is C15H20N4O. The predicted octanol–water partition coefficient (Wildman–Crippen LogP) is 2.51. The van der Waals surface area contributed by atoms with Crippen molar-refractivity contribution in [1.82, 2.24) is 9.97 Å². The summed E-state index contributed by atoms with van der Waals surface area (Å²) in [6.45, 7) is 2.69. The molecule has 0 amide bonds. The van der Waals surface area contributed by atoms with Crippen molar-refractivity contribution in [3.63, 3.8) is 0 Å². The van der Waals surface area contributed by atoms with E-state index >= 15 is 0 Å². The summed E-state index contributed by atoms with van der Waals surface area (Å²) in [5, 5.41) is 7.57. The Labute approximate surface area is 118 Å². The SMILES string of the molecule is CNc1nc(NCC2CCOCC2)c2ccccc2n1. The predicted molar refractivity (Wildman–Crippen MR) is 81.1 cm³/mol. The molecule has 5 heteroatoms. The van der Waals surface area contributed by atoms with Crippen LogP contribution in [-0.2, 0) is 4.74 Å². The third-order valence-electron chi connectivity index (χ3n) is 3.73. The number of aromatic nitrogens is 2. The van der Waals surface area contributed by atoms with Gasteiger partial charge < -0.3 is 15.4 Å². The van der Waals surface area contributed by atoms with Crippen LogP contribution in [0.3, 0.4) is 0 Å². The highest BCUT2D eigenvalue weighted by Crippen LogP contribution is 2.23. The molecule has 0 unspecified atom stereocenters. The molecule has 2 N–H and O–H groups in total. The maximum Gasteiger partial charge on any atom is 0.224 e. The third-order valence-corrected chi connectivity index (χ3v) is 3.73. The second kappa shape index (κ2) is 6.05. The van der Waals surface area contributed by atoms with Crippen molar-refractivity contribution in [1.29, 1.82) is 0 Å². The first-order valence-corrected chi connectivity index (χ1v) is 7.13. The average Bonchev–Trinajstić information content (AvgIpc) is 2.53. The molecule has 1 aromatic heterocycles. The summed E-state index contributed by atoms with van der Waals surface area (Å²) in [6, 6.07) is 8.08. The van der Waals surface area contributed by atoms with Crippen LogP contribution in [0, 0.1) is 5.92 Å². The topological polar surface area (TPSA) is 59.1 Å². The fraction of sp³-hybridized carbons (Fsp3) is 0.467. The molecule has 1 aliphatic heterocycles. The molecule has 2 heterocycles. The second-order valence-electron chi connectivity index (χ2n) is 5.10. The maximum atomic E-state index is 5.40. The lowest BCUT2D eigenvalue weighted by atomic mass is 10.0. The van der Waals surface area contributed by atoms with Crippen molar-refractivity contribution in [3.8, 4) is 0 Å². The Hall–Kier alpha value is -1.88. The molecule has 1 fully saturated rings. The number of hydrogen-bond donors (Lipinski definition) is 2. The van der Waals surface area contributed by atoms with Gasteiger partial charge in [-0.1, -0.05) is 12.1 Å². The average molecular weight is 272 g/mol. The van der Waals surface area contributed by atoms with Crippen molar-refractivity contribution in [2.75, 3.05) is 37.4 Å². The Bertz CT molecular complexity index is 581. The van der Waals surface area contributed by atoms with Crippen LogP contribution in [0.25, 0.3) is 10.9 Å². The van der Waals surface area contributed by atoms with E-state index in [2.05, 4.69) is 26.7 Å². The number of nitrogens with one attached hydrogen (secondary N) is 2. The highest BCUT2D eigenvalue weighted by atomic mass is 16.5. The highest BCUT2D eigenvalue weighted by molar-refractivity contribution is 5.89. The van der Waals surface area contributed by atoms with Gasteiger partial charge in [0.25, 0.3) is 0 Å². The van der Waals surface area contributed by atoms with Crippen LogP contribution in [-0.4, -0.2) is 36.8 Å². The molecule has 1 aliphatic rings. The summed E-state index contributed by atoms with van der Waals surface area (Å²) in [7, 11) is 1.84.